The number of carbonyl (C=O) groups is 1. The topological polar surface area (TPSA) is 37.3 Å². The van der Waals surface area contributed by atoms with Crippen molar-refractivity contribution in [2.45, 2.75) is 13.5 Å². The summed E-state index contributed by atoms with van der Waals surface area (Å²) in [6.07, 6.45) is 5.24. The third kappa shape index (κ3) is 3.22. The van der Waals surface area contributed by atoms with Gasteiger partial charge in [-0.2, -0.15) is 4.57 Å². The fourth-order valence-electron chi connectivity index (χ4n) is 2.96. The fraction of sp³-hybridized carbons (Fsp3) is 0.0909. The highest BCUT2D eigenvalue weighted by Gasteiger charge is 2.31. The molecule has 0 aliphatic heterocycles. The zero-order valence-corrected chi connectivity index (χ0v) is 14.8. The van der Waals surface area contributed by atoms with Crippen LogP contribution < -0.4 is 9.47 Å². The number of rotatable bonds is 6. The molecule has 0 bridgehead atoms. The molecular formula is C22H21N2O2+. The number of hydrogen-bond acceptors (Lipinski definition) is 2. The van der Waals surface area contributed by atoms with Gasteiger partial charge in [0, 0.05) is 18.7 Å². The average molecular weight is 345 g/mol. The molecule has 130 valence electrons. The van der Waals surface area contributed by atoms with Crippen LogP contribution in [0, 0.1) is 0 Å². The van der Waals surface area contributed by atoms with Gasteiger partial charge in [-0.05, 0) is 30.4 Å². The van der Waals surface area contributed by atoms with Crippen LogP contribution in [0.5, 0.6) is 0 Å². The molecule has 0 atom stereocenters. The highest BCUT2D eigenvalue weighted by atomic mass is 16.4. The zero-order chi connectivity index (χ0) is 18.5. The SMILES string of the molecule is C=CC=C(c1oc2ccccc2[n+]1CC=C)N(C(C)=O)c1ccccc1. The van der Waals surface area contributed by atoms with Gasteiger partial charge in [-0.25, -0.2) is 0 Å². The van der Waals surface area contributed by atoms with Crippen LogP contribution in [-0.4, -0.2) is 5.91 Å². The van der Waals surface area contributed by atoms with Gasteiger partial charge in [0.25, 0.3) is 5.52 Å². The molecule has 0 unspecified atom stereocenters. The van der Waals surface area contributed by atoms with Gasteiger partial charge in [-0.15, -0.1) is 0 Å². The standard InChI is InChI=1S/C22H21N2O2/c1-4-11-20(24(17(3)25)18-12-7-6-8-13-18)22-23(16-5-2)19-14-9-10-15-21(19)26-22/h4-15H,1-2,16H2,3H3/q+1. The number of hydrogen-bond donors (Lipinski definition) is 0. The van der Waals surface area contributed by atoms with Gasteiger partial charge in [-0.1, -0.05) is 49.6 Å². The molecule has 0 aliphatic rings. The van der Waals surface area contributed by atoms with Crippen molar-refractivity contribution < 1.29 is 13.8 Å². The van der Waals surface area contributed by atoms with E-state index in [2.05, 4.69) is 13.2 Å². The Kier molecular flexibility index (Phi) is 5.13. The predicted octanol–water partition coefficient (Wildman–Crippen LogP) is 4.49. The molecule has 0 saturated carbocycles. The highest BCUT2D eigenvalue weighted by molar-refractivity contribution is 6.04. The summed E-state index contributed by atoms with van der Waals surface area (Å²) < 4.78 is 8.12. The fourth-order valence-corrected chi connectivity index (χ4v) is 2.96. The summed E-state index contributed by atoms with van der Waals surface area (Å²) in [4.78, 5) is 14.1. The number of amides is 1. The second-order valence-electron chi connectivity index (χ2n) is 5.75. The summed E-state index contributed by atoms with van der Waals surface area (Å²) in [6.45, 7) is 9.74. The summed E-state index contributed by atoms with van der Waals surface area (Å²) in [6, 6.07) is 17.3. The van der Waals surface area contributed by atoms with E-state index >= 15 is 0 Å². The van der Waals surface area contributed by atoms with Crippen molar-refractivity contribution >= 4 is 28.4 Å². The molecule has 0 aliphatic carbocycles. The largest absolute Gasteiger partial charge is 0.399 e. The number of aromatic nitrogens is 1. The van der Waals surface area contributed by atoms with Gasteiger partial charge in [0.15, 0.2) is 12.2 Å². The molecule has 4 nitrogen and oxygen atoms in total. The van der Waals surface area contributed by atoms with Crippen LogP contribution in [0.15, 0.2) is 90.4 Å². The molecule has 2 aromatic carbocycles. The molecule has 0 N–H and O–H groups in total. The van der Waals surface area contributed by atoms with Crippen LogP contribution in [0.4, 0.5) is 5.69 Å². The van der Waals surface area contributed by atoms with E-state index in [4.69, 9.17) is 4.42 Å². The second kappa shape index (κ2) is 7.66. The lowest BCUT2D eigenvalue weighted by molar-refractivity contribution is -0.668. The lowest BCUT2D eigenvalue weighted by Crippen LogP contribution is -2.39. The summed E-state index contributed by atoms with van der Waals surface area (Å²) in [5.41, 5.74) is 3.07. The van der Waals surface area contributed by atoms with Gasteiger partial charge in [0.2, 0.25) is 11.5 Å². The number of para-hydroxylation sites is 3. The number of anilines is 1. The van der Waals surface area contributed by atoms with E-state index < -0.39 is 0 Å². The Morgan fingerprint density at radius 1 is 1.12 bits per heavy atom. The normalized spacial score (nSPS) is 11.3. The maximum Gasteiger partial charge on any atom is 0.399 e. The van der Waals surface area contributed by atoms with Crippen molar-refractivity contribution in [1.82, 2.24) is 0 Å². The lowest BCUT2D eigenvalue weighted by atomic mass is 10.2. The van der Waals surface area contributed by atoms with E-state index in [1.165, 1.54) is 6.92 Å². The maximum atomic E-state index is 12.5. The van der Waals surface area contributed by atoms with E-state index in [9.17, 15) is 4.79 Å². The van der Waals surface area contributed by atoms with Crippen molar-refractivity contribution in [3.05, 3.63) is 91.9 Å². The first-order valence-corrected chi connectivity index (χ1v) is 8.38. The second-order valence-corrected chi connectivity index (χ2v) is 5.75. The Balaban J connectivity index is 2.26. The first-order chi connectivity index (χ1) is 12.7. The molecule has 3 rings (SSSR count). The molecule has 1 aromatic heterocycles. The van der Waals surface area contributed by atoms with E-state index in [1.54, 1.807) is 23.1 Å². The number of oxazole rings is 1. The van der Waals surface area contributed by atoms with Crippen LogP contribution in [0.2, 0.25) is 0 Å². The van der Waals surface area contributed by atoms with Crippen molar-refractivity contribution in [3.63, 3.8) is 0 Å². The number of fused-ring (bicyclic) bond motifs is 1. The third-order valence-corrected chi connectivity index (χ3v) is 3.98. The van der Waals surface area contributed by atoms with Crippen LogP contribution in [-0.2, 0) is 11.3 Å². The van der Waals surface area contributed by atoms with Crippen LogP contribution in [0.25, 0.3) is 16.8 Å². The Morgan fingerprint density at radius 3 is 2.46 bits per heavy atom. The molecule has 1 heterocycles. The van der Waals surface area contributed by atoms with Crippen molar-refractivity contribution in [2.24, 2.45) is 0 Å². The molecule has 0 spiro atoms. The van der Waals surface area contributed by atoms with E-state index in [-0.39, 0.29) is 5.91 Å². The van der Waals surface area contributed by atoms with Gasteiger partial charge in [0.1, 0.15) is 0 Å². The van der Waals surface area contributed by atoms with Crippen molar-refractivity contribution in [2.75, 3.05) is 4.90 Å². The zero-order valence-electron chi connectivity index (χ0n) is 14.8. The third-order valence-electron chi connectivity index (χ3n) is 3.98. The highest BCUT2D eigenvalue weighted by Crippen LogP contribution is 2.27. The Bertz CT molecular complexity index is 984. The summed E-state index contributed by atoms with van der Waals surface area (Å²) in [5.74, 6) is 0.458. The average Bonchev–Trinajstić information content (AvgIpc) is 3.01. The van der Waals surface area contributed by atoms with E-state index in [1.807, 2.05) is 59.2 Å². The first kappa shape index (κ1) is 17.4. The molecular weight excluding hydrogens is 324 g/mol. The quantitative estimate of drug-likeness (QED) is 0.375. The number of carbonyl (C=O) groups excluding carboxylic acids is 1. The Morgan fingerprint density at radius 2 is 1.81 bits per heavy atom. The summed E-state index contributed by atoms with van der Waals surface area (Å²) in [5, 5.41) is 0. The molecule has 0 saturated heterocycles. The summed E-state index contributed by atoms with van der Waals surface area (Å²) >= 11 is 0. The van der Waals surface area contributed by atoms with Gasteiger partial charge in [0.05, 0.1) is 0 Å². The Hall–Kier alpha value is -3.40. The Labute approximate surface area is 153 Å². The molecule has 26 heavy (non-hydrogen) atoms. The monoisotopic (exact) mass is 345 g/mol. The minimum atomic E-state index is -0.116. The minimum Gasteiger partial charge on any atom is -0.396 e. The smallest absolute Gasteiger partial charge is 0.396 e. The molecule has 0 fully saturated rings. The van der Waals surface area contributed by atoms with Crippen molar-refractivity contribution in [1.29, 1.82) is 0 Å². The molecule has 0 radical (unpaired) electrons. The van der Waals surface area contributed by atoms with Crippen LogP contribution in [0.3, 0.4) is 0 Å². The molecule has 4 heteroatoms. The minimum absolute atomic E-state index is 0.116. The number of benzene rings is 2. The molecule has 3 aromatic rings. The van der Waals surface area contributed by atoms with Crippen LogP contribution >= 0.6 is 0 Å². The van der Waals surface area contributed by atoms with Crippen molar-refractivity contribution in [3.8, 4) is 0 Å². The van der Waals surface area contributed by atoms with Crippen LogP contribution in [0.1, 0.15) is 12.8 Å². The lowest BCUT2D eigenvalue weighted by Gasteiger charge is -2.21. The molecule has 1 amide bonds. The summed E-state index contributed by atoms with van der Waals surface area (Å²) in [7, 11) is 0. The van der Waals surface area contributed by atoms with Gasteiger partial charge < -0.3 is 4.42 Å². The number of nitrogens with zero attached hydrogens (tertiary/aromatic N) is 2. The van der Waals surface area contributed by atoms with E-state index in [0.29, 0.717) is 18.1 Å². The predicted molar refractivity (Wildman–Crippen MR) is 104 cm³/mol. The number of allylic oxidation sites excluding steroid dienone is 3. The maximum absolute atomic E-state index is 12.5. The first-order valence-electron chi connectivity index (χ1n) is 8.38. The van der Waals surface area contributed by atoms with Gasteiger partial charge in [-0.3, -0.25) is 9.69 Å². The van der Waals surface area contributed by atoms with Gasteiger partial charge >= 0.3 is 5.89 Å². The van der Waals surface area contributed by atoms with E-state index in [0.717, 1.165) is 16.8 Å².